The van der Waals surface area contributed by atoms with E-state index in [0.29, 0.717) is 12.2 Å². The van der Waals surface area contributed by atoms with Crippen LogP contribution in [0.3, 0.4) is 0 Å². The first kappa shape index (κ1) is 18.3. The Hall–Kier alpha value is 0.310. The lowest BCUT2D eigenvalue weighted by Crippen LogP contribution is -2.51. The van der Waals surface area contributed by atoms with Gasteiger partial charge >= 0.3 is 0 Å². The van der Waals surface area contributed by atoms with Crippen LogP contribution in [0.2, 0.25) is 0 Å². The number of hydrogen-bond acceptors (Lipinski definition) is 3. The molecule has 0 aromatic carbocycles. The quantitative estimate of drug-likeness (QED) is 0.522. The summed E-state index contributed by atoms with van der Waals surface area (Å²) < 4.78 is 15.8. The molecule has 0 spiro atoms. The highest BCUT2D eigenvalue weighted by Gasteiger charge is 2.55. The molecule has 4 aliphatic carbocycles. The molecular formula is C22H38NO2P. The summed E-state index contributed by atoms with van der Waals surface area (Å²) in [6.07, 6.45) is 18.1. The molecule has 148 valence electrons. The van der Waals surface area contributed by atoms with Crippen molar-refractivity contribution in [2.45, 2.75) is 89.3 Å². The van der Waals surface area contributed by atoms with Crippen LogP contribution < -0.4 is 0 Å². The highest BCUT2D eigenvalue weighted by Crippen LogP contribution is 2.61. The van der Waals surface area contributed by atoms with Crippen LogP contribution in [-0.4, -0.2) is 31.0 Å². The highest BCUT2D eigenvalue weighted by atomic mass is 31.2. The molecular weight excluding hydrogens is 341 g/mol. The molecule has 0 radical (unpaired) electrons. The minimum atomic E-state index is -0.860. The van der Waals surface area contributed by atoms with E-state index in [-0.39, 0.29) is 0 Å². The maximum absolute atomic E-state index is 6.77. The number of fused-ring (bicyclic) bond motifs is 7. The molecule has 3 nitrogen and oxygen atoms in total. The zero-order chi connectivity index (χ0) is 17.7. The first-order valence-corrected chi connectivity index (χ1v) is 12.7. The number of hydrogen-bond donors (Lipinski definition) is 0. The second-order valence-corrected chi connectivity index (χ2v) is 11.8. The highest BCUT2D eigenvalue weighted by molar-refractivity contribution is 7.44. The molecule has 4 saturated carbocycles. The van der Waals surface area contributed by atoms with Crippen molar-refractivity contribution in [3.05, 3.63) is 0 Å². The fourth-order valence-corrected chi connectivity index (χ4v) is 9.04. The molecule has 26 heavy (non-hydrogen) atoms. The normalized spacial score (nSPS) is 51.6. The van der Waals surface area contributed by atoms with Crippen molar-refractivity contribution < 1.29 is 9.05 Å². The topological polar surface area (TPSA) is 21.7 Å². The van der Waals surface area contributed by atoms with Crippen LogP contribution in [0.4, 0.5) is 0 Å². The van der Waals surface area contributed by atoms with E-state index in [2.05, 4.69) is 18.8 Å². The predicted octanol–water partition coefficient (Wildman–Crippen LogP) is 5.99. The van der Waals surface area contributed by atoms with Crippen LogP contribution in [0, 0.1) is 35.5 Å². The van der Waals surface area contributed by atoms with Crippen LogP contribution in [-0.2, 0) is 9.05 Å². The Morgan fingerprint density at radius 1 is 0.615 bits per heavy atom. The van der Waals surface area contributed by atoms with E-state index < -0.39 is 8.53 Å². The summed E-state index contributed by atoms with van der Waals surface area (Å²) in [5.41, 5.74) is 0. The third-order valence-electron chi connectivity index (χ3n) is 8.65. The van der Waals surface area contributed by atoms with E-state index >= 15 is 0 Å². The minimum absolute atomic E-state index is 0.471. The molecule has 1 saturated heterocycles. The van der Waals surface area contributed by atoms with Gasteiger partial charge in [-0.3, -0.25) is 0 Å². The summed E-state index contributed by atoms with van der Waals surface area (Å²) in [5, 5.41) is 0. The van der Waals surface area contributed by atoms with Gasteiger partial charge in [-0.25, -0.2) is 4.67 Å². The molecule has 4 heteroatoms. The van der Waals surface area contributed by atoms with Gasteiger partial charge in [-0.05, 0) is 88.1 Å². The lowest BCUT2D eigenvalue weighted by atomic mass is 9.53. The summed E-state index contributed by atoms with van der Waals surface area (Å²) in [7, 11) is 3.44. The molecule has 5 rings (SSSR count). The van der Waals surface area contributed by atoms with E-state index in [4.69, 9.17) is 9.05 Å². The van der Waals surface area contributed by atoms with E-state index in [9.17, 15) is 0 Å². The predicted molar refractivity (Wildman–Crippen MR) is 107 cm³/mol. The summed E-state index contributed by atoms with van der Waals surface area (Å²) in [6, 6.07) is 0. The number of rotatable bonds is 1. The molecule has 8 atom stereocenters. The Balaban J connectivity index is 1.50. The van der Waals surface area contributed by atoms with Crippen molar-refractivity contribution in [3.8, 4) is 0 Å². The second kappa shape index (κ2) is 7.62. The van der Waals surface area contributed by atoms with Gasteiger partial charge in [0.15, 0.2) is 0 Å². The Morgan fingerprint density at radius 2 is 1.08 bits per heavy atom. The van der Waals surface area contributed by atoms with Gasteiger partial charge < -0.3 is 9.05 Å². The van der Waals surface area contributed by atoms with Gasteiger partial charge in [-0.1, -0.05) is 38.5 Å². The maximum Gasteiger partial charge on any atom is 0.258 e. The van der Waals surface area contributed by atoms with Crippen molar-refractivity contribution in [1.82, 2.24) is 4.67 Å². The first-order valence-electron chi connectivity index (χ1n) is 11.5. The molecule has 0 N–H and O–H groups in total. The largest absolute Gasteiger partial charge is 0.318 e. The van der Waals surface area contributed by atoms with Crippen LogP contribution in [0.5, 0.6) is 0 Å². The van der Waals surface area contributed by atoms with Gasteiger partial charge in [-0.15, -0.1) is 0 Å². The van der Waals surface area contributed by atoms with E-state index in [1.54, 1.807) is 0 Å². The third-order valence-corrected chi connectivity index (χ3v) is 10.2. The minimum Gasteiger partial charge on any atom is -0.318 e. The third kappa shape index (κ3) is 3.19. The first-order chi connectivity index (χ1) is 12.7. The van der Waals surface area contributed by atoms with Gasteiger partial charge in [0.1, 0.15) is 0 Å². The van der Waals surface area contributed by atoms with Crippen molar-refractivity contribution in [1.29, 1.82) is 0 Å². The Kier molecular flexibility index (Phi) is 5.38. The zero-order valence-electron chi connectivity index (χ0n) is 16.8. The molecule has 5 fully saturated rings. The number of nitrogens with zero attached hydrogens (tertiary/aromatic N) is 1. The second-order valence-electron chi connectivity index (χ2n) is 10.1. The Labute approximate surface area is 161 Å². The monoisotopic (exact) mass is 379 g/mol. The summed E-state index contributed by atoms with van der Waals surface area (Å²) in [4.78, 5) is 0. The van der Waals surface area contributed by atoms with Crippen molar-refractivity contribution >= 4 is 8.53 Å². The summed E-state index contributed by atoms with van der Waals surface area (Å²) in [5.74, 6) is 5.41. The smallest absolute Gasteiger partial charge is 0.258 e. The Bertz CT molecular complexity index is 461. The summed E-state index contributed by atoms with van der Waals surface area (Å²) >= 11 is 0. The lowest BCUT2D eigenvalue weighted by Gasteiger charge is -2.53. The van der Waals surface area contributed by atoms with Gasteiger partial charge in [0, 0.05) is 0 Å². The molecule has 1 heterocycles. The summed E-state index contributed by atoms with van der Waals surface area (Å²) in [6.45, 7) is 0. The fraction of sp³-hybridized carbons (Fsp3) is 1.00. The van der Waals surface area contributed by atoms with E-state index in [0.717, 1.165) is 35.5 Å². The van der Waals surface area contributed by atoms with Crippen molar-refractivity contribution in [3.63, 3.8) is 0 Å². The Morgan fingerprint density at radius 3 is 1.54 bits per heavy atom. The van der Waals surface area contributed by atoms with Gasteiger partial charge in [0.25, 0.3) is 8.53 Å². The molecule has 1 aliphatic heterocycles. The average molecular weight is 380 g/mol. The van der Waals surface area contributed by atoms with Gasteiger partial charge in [0.2, 0.25) is 0 Å². The fourth-order valence-electron chi connectivity index (χ4n) is 7.65. The standard InChI is InChI=1S/C22H38NO2P/c1-23(2)26-24-19-13-11-15-7-3-5-9-17(15)21(19)22-18-10-6-4-8-16(18)12-14-20(22)25-26/h15-22H,3-14H2,1-2H3. The molecule has 5 aliphatic rings. The van der Waals surface area contributed by atoms with Crippen LogP contribution in [0.1, 0.15) is 77.0 Å². The molecule has 8 unspecified atom stereocenters. The van der Waals surface area contributed by atoms with Crippen LogP contribution in [0.25, 0.3) is 0 Å². The molecule has 0 bridgehead atoms. The van der Waals surface area contributed by atoms with Crippen molar-refractivity contribution in [2.24, 2.45) is 35.5 Å². The van der Waals surface area contributed by atoms with Crippen LogP contribution in [0.15, 0.2) is 0 Å². The molecule has 0 amide bonds. The van der Waals surface area contributed by atoms with Gasteiger partial charge in [0.05, 0.1) is 12.2 Å². The van der Waals surface area contributed by atoms with E-state index in [1.807, 2.05) is 0 Å². The average Bonchev–Trinajstić information content (AvgIpc) is 2.85. The zero-order valence-corrected chi connectivity index (χ0v) is 17.7. The molecule has 0 aromatic heterocycles. The molecule has 0 aromatic rings. The van der Waals surface area contributed by atoms with Crippen LogP contribution >= 0.6 is 8.53 Å². The van der Waals surface area contributed by atoms with E-state index in [1.165, 1.54) is 77.0 Å². The van der Waals surface area contributed by atoms with Crippen molar-refractivity contribution in [2.75, 3.05) is 14.1 Å². The SMILES string of the molecule is CN(C)P1OC2CCC3CCCCC3C2C2C(CCC3CCCCC32)O1. The maximum atomic E-state index is 6.77. The lowest BCUT2D eigenvalue weighted by molar-refractivity contribution is -0.0856. The van der Waals surface area contributed by atoms with Gasteiger partial charge in [-0.2, -0.15) is 0 Å².